The fraction of sp³-hybridized carbons (Fsp3) is 1.00. The second-order valence-electron chi connectivity index (χ2n) is 3.04. The molecule has 0 aliphatic carbocycles. The SMILES string of the molecule is CC[C@@H]1[C@H](CC)N1S(C)(=O)=O. The van der Waals surface area contributed by atoms with Crippen LogP contribution in [0.4, 0.5) is 0 Å². The van der Waals surface area contributed by atoms with Gasteiger partial charge in [0.25, 0.3) is 0 Å². The van der Waals surface area contributed by atoms with Gasteiger partial charge in [0.1, 0.15) is 0 Å². The molecule has 0 radical (unpaired) electrons. The average molecular weight is 177 g/mol. The molecule has 1 unspecified atom stereocenters. The van der Waals surface area contributed by atoms with Gasteiger partial charge in [0.15, 0.2) is 0 Å². The number of hydrogen-bond donors (Lipinski definition) is 0. The summed E-state index contributed by atoms with van der Waals surface area (Å²) in [6.45, 7) is 4.05. The molecule has 1 rings (SSSR count). The molecule has 1 saturated heterocycles. The van der Waals surface area contributed by atoms with Gasteiger partial charge in [-0.15, -0.1) is 0 Å². The molecule has 0 aromatic heterocycles. The van der Waals surface area contributed by atoms with Crippen molar-refractivity contribution in [3.05, 3.63) is 0 Å². The number of nitrogens with zero attached hydrogens (tertiary/aromatic N) is 1. The normalized spacial score (nSPS) is 37.2. The fourth-order valence-electron chi connectivity index (χ4n) is 1.71. The molecule has 3 nitrogen and oxygen atoms in total. The average Bonchev–Trinajstić information content (AvgIpc) is 2.58. The van der Waals surface area contributed by atoms with E-state index in [4.69, 9.17) is 0 Å². The summed E-state index contributed by atoms with van der Waals surface area (Å²) in [5.41, 5.74) is 0. The van der Waals surface area contributed by atoms with Crippen LogP contribution in [-0.4, -0.2) is 31.1 Å². The molecule has 11 heavy (non-hydrogen) atoms. The summed E-state index contributed by atoms with van der Waals surface area (Å²) >= 11 is 0. The molecule has 1 fully saturated rings. The maximum Gasteiger partial charge on any atom is 0.211 e. The van der Waals surface area contributed by atoms with E-state index in [1.807, 2.05) is 13.8 Å². The van der Waals surface area contributed by atoms with Crippen molar-refractivity contribution in [1.29, 1.82) is 0 Å². The van der Waals surface area contributed by atoms with Crippen LogP contribution in [0.25, 0.3) is 0 Å². The molecule has 0 bridgehead atoms. The van der Waals surface area contributed by atoms with Crippen molar-refractivity contribution in [3.8, 4) is 0 Å². The third kappa shape index (κ3) is 1.56. The number of sulfonamides is 1. The molecule has 0 N–H and O–H groups in total. The second kappa shape index (κ2) is 2.75. The highest BCUT2D eigenvalue weighted by molar-refractivity contribution is 7.88. The zero-order valence-electron chi connectivity index (χ0n) is 7.24. The smallest absolute Gasteiger partial charge is 0.211 e. The molecule has 0 aromatic carbocycles. The molecule has 0 amide bonds. The third-order valence-electron chi connectivity index (χ3n) is 2.23. The first-order valence-electron chi connectivity index (χ1n) is 4.00. The van der Waals surface area contributed by atoms with E-state index in [1.54, 1.807) is 4.31 Å². The van der Waals surface area contributed by atoms with Crippen LogP contribution < -0.4 is 0 Å². The Morgan fingerprint density at radius 2 is 1.55 bits per heavy atom. The van der Waals surface area contributed by atoms with Crippen molar-refractivity contribution in [2.75, 3.05) is 6.26 Å². The van der Waals surface area contributed by atoms with Crippen LogP contribution in [0.2, 0.25) is 0 Å². The highest BCUT2D eigenvalue weighted by Gasteiger charge is 2.50. The van der Waals surface area contributed by atoms with Gasteiger partial charge in [0.2, 0.25) is 10.0 Å². The first-order chi connectivity index (χ1) is 5.02. The molecular formula is C7H15NO2S. The predicted molar refractivity (Wildman–Crippen MR) is 44.8 cm³/mol. The lowest BCUT2D eigenvalue weighted by molar-refractivity contribution is 0.548. The summed E-state index contributed by atoms with van der Waals surface area (Å²) in [5.74, 6) is 0. The van der Waals surface area contributed by atoms with Gasteiger partial charge in [-0.1, -0.05) is 13.8 Å². The van der Waals surface area contributed by atoms with E-state index in [0.717, 1.165) is 12.8 Å². The molecular weight excluding hydrogens is 162 g/mol. The van der Waals surface area contributed by atoms with E-state index in [0.29, 0.717) is 0 Å². The third-order valence-corrected chi connectivity index (χ3v) is 3.54. The molecule has 1 aliphatic heterocycles. The Hall–Kier alpha value is -0.0900. The van der Waals surface area contributed by atoms with E-state index in [2.05, 4.69) is 0 Å². The summed E-state index contributed by atoms with van der Waals surface area (Å²) in [7, 11) is -2.92. The molecule has 0 saturated carbocycles. The van der Waals surface area contributed by atoms with Crippen molar-refractivity contribution >= 4 is 10.0 Å². The van der Waals surface area contributed by atoms with Crippen molar-refractivity contribution in [2.45, 2.75) is 38.8 Å². The second-order valence-corrected chi connectivity index (χ2v) is 4.93. The Morgan fingerprint density at radius 1 is 1.18 bits per heavy atom. The van der Waals surface area contributed by atoms with Gasteiger partial charge in [0, 0.05) is 12.1 Å². The van der Waals surface area contributed by atoms with Crippen LogP contribution in [0.3, 0.4) is 0 Å². The topological polar surface area (TPSA) is 37.1 Å². The standard InChI is InChI=1S/C7H15NO2S/c1-4-6-7(5-2)8(6)11(3,9)10/h6-7H,4-5H2,1-3H3/t6-,7+,8?. The molecule has 3 atom stereocenters. The summed E-state index contributed by atoms with van der Waals surface area (Å²) < 4.78 is 23.7. The number of rotatable bonds is 3. The Labute approximate surface area is 68.4 Å². The lowest BCUT2D eigenvalue weighted by Gasteiger charge is -1.96. The maximum atomic E-state index is 11.1. The molecule has 0 aromatic rings. The Kier molecular flexibility index (Phi) is 2.25. The van der Waals surface area contributed by atoms with Crippen molar-refractivity contribution in [1.82, 2.24) is 4.31 Å². The van der Waals surface area contributed by atoms with E-state index >= 15 is 0 Å². The lowest BCUT2D eigenvalue weighted by Crippen LogP contribution is -2.12. The molecule has 4 heteroatoms. The summed E-state index contributed by atoms with van der Waals surface area (Å²) in [5, 5.41) is 0. The highest BCUT2D eigenvalue weighted by Crippen LogP contribution is 2.35. The quantitative estimate of drug-likeness (QED) is 0.598. The predicted octanol–water partition coefficient (Wildman–Crippen LogP) is 0.819. The number of hydrogen-bond acceptors (Lipinski definition) is 2. The Balaban J connectivity index is 2.66. The van der Waals surface area contributed by atoms with Crippen LogP contribution >= 0.6 is 0 Å². The van der Waals surface area contributed by atoms with E-state index < -0.39 is 10.0 Å². The van der Waals surface area contributed by atoms with Gasteiger partial charge in [-0.25, -0.2) is 8.42 Å². The first kappa shape index (κ1) is 9.00. The van der Waals surface area contributed by atoms with Crippen LogP contribution in [0.1, 0.15) is 26.7 Å². The van der Waals surface area contributed by atoms with Gasteiger partial charge in [-0.05, 0) is 12.8 Å². The highest BCUT2D eigenvalue weighted by atomic mass is 32.2. The molecule has 1 aliphatic rings. The van der Waals surface area contributed by atoms with Crippen LogP contribution in [0, 0.1) is 0 Å². The largest absolute Gasteiger partial charge is 0.212 e. The Bertz CT molecular complexity index is 225. The van der Waals surface area contributed by atoms with E-state index in [9.17, 15) is 8.42 Å². The van der Waals surface area contributed by atoms with Crippen LogP contribution in [0.15, 0.2) is 0 Å². The van der Waals surface area contributed by atoms with E-state index in [-0.39, 0.29) is 12.1 Å². The monoisotopic (exact) mass is 177 g/mol. The van der Waals surface area contributed by atoms with Gasteiger partial charge in [0.05, 0.1) is 6.26 Å². The molecule has 66 valence electrons. The minimum Gasteiger partial charge on any atom is -0.212 e. The maximum absolute atomic E-state index is 11.1. The van der Waals surface area contributed by atoms with Crippen molar-refractivity contribution in [3.63, 3.8) is 0 Å². The van der Waals surface area contributed by atoms with Gasteiger partial charge >= 0.3 is 0 Å². The van der Waals surface area contributed by atoms with Gasteiger partial charge in [-0.2, -0.15) is 4.31 Å². The molecule has 1 heterocycles. The van der Waals surface area contributed by atoms with Crippen molar-refractivity contribution < 1.29 is 8.42 Å². The fourth-order valence-corrected chi connectivity index (χ4v) is 3.21. The summed E-state index contributed by atoms with van der Waals surface area (Å²) in [6, 6.07) is 0.574. The van der Waals surface area contributed by atoms with Crippen molar-refractivity contribution in [2.24, 2.45) is 0 Å². The zero-order chi connectivity index (χ0) is 8.65. The summed E-state index contributed by atoms with van der Waals surface area (Å²) in [4.78, 5) is 0. The molecule has 0 spiro atoms. The van der Waals surface area contributed by atoms with E-state index in [1.165, 1.54) is 6.26 Å². The van der Waals surface area contributed by atoms with Crippen LogP contribution in [0.5, 0.6) is 0 Å². The first-order valence-corrected chi connectivity index (χ1v) is 5.85. The van der Waals surface area contributed by atoms with Gasteiger partial charge in [-0.3, -0.25) is 0 Å². The Morgan fingerprint density at radius 3 is 1.64 bits per heavy atom. The summed E-state index contributed by atoms with van der Waals surface area (Å²) in [6.07, 6.45) is 3.16. The minimum absolute atomic E-state index is 0.287. The minimum atomic E-state index is -2.92. The van der Waals surface area contributed by atoms with Crippen LogP contribution in [-0.2, 0) is 10.0 Å². The zero-order valence-corrected chi connectivity index (χ0v) is 8.06. The van der Waals surface area contributed by atoms with Gasteiger partial charge < -0.3 is 0 Å². The lowest BCUT2D eigenvalue weighted by atomic mass is 10.2.